The summed E-state index contributed by atoms with van der Waals surface area (Å²) in [6, 6.07) is 5.56. The maximum absolute atomic E-state index is 6.00. The molecule has 2 rings (SSSR count). The van der Waals surface area contributed by atoms with Crippen molar-refractivity contribution in [1.29, 1.82) is 0 Å². The Morgan fingerprint density at radius 2 is 2.21 bits per heavy atom. The number of nitrogens with zero attached hydrogens (tertiary/aromatic N) is 3. The number of benzene rings is 1. The van der Waals surface area contributed by atoms with Crippen molar-refractivity contribution in [2.75, 3.05) is 0 Å². The van der Waals surface area contributed by atoms with Crippen LogP contribution in [0, 0.1) is 0 Å². The Hall–Kier alpha value is -1.06. The summed E-state index contributed by atoms with van der Waals surface area (Å²) < 4.78 is 1.64. The molecule has 0 aliphatic rings. The lowest BCUT2D eigenvalue weighted by Gasteiger charge is -2.07. The Morgan fingerprint density at radius 3 is 2.86 bits per heavy atom. The topological polar surface area (TPSA) is 30.7 Å². The van der Waals surface area contributed by atoms with Gasteiger partial charge in [0.2, 0.25) is 0 Å². The van der Waals surface area contributed by atoms with Crippen molar-refractivity contribution in [2.45, 2.75) is 5.88 Å². The van der Waals surface area contributed by atoms with Gasteiger partial charge in [-0.2, -0.15) is 5.10 Å². The molecular formula is C9H7Cl2N3. The molecule has 2 aromatic rings. The third kappa shape index (κ3) is 1.61. The van der Waals surface area contributed by atoms with E-state index in [4.69, 9.17) is 23.2 Å². The minimum absolute atomic E-state index is 0.356. The number of alkyl halides is 1. The molecular weight excluding hydrogens is 221 g/mol. The molecule has 0 radical (unpaired) electrons. The number of rotatable bonds is 2. The second-order valence-electron chi connectivity index (χ2n) is 2.71. The van der Waals surface area contributed by atoms with Crippen molar-refractivity contribution in [3.63, 3.8) is 0 Å². The first kappa shape index (κ1) is 9.49. The van der Waals surface area contributed by atoms with Crippen molar-refractivity contribution in [3.8, 4) is 5.69 Å². The fourth-order valence-corrected chi connectivity index (χ4v) is 1.81. The van der Waals surface area contributed by atoms with Crippen LogP contribution in [0.2, 0.25) is 5.02 Å². The molecule has 5 heteroatoms. The normalized spacial score (nSPS) is 10.4. The maximum Gasteiger partial charge on any atom is 0.138 e. The SMILES string of the molecule is ClCc1c(Cl)cccc1-n1cncn1. The Balaban J connectivity index is 2.58. The highest BCUT2D eigenvalue weighted by Gasteiger charge is 2.07. The second kappa shape index (κ2) is 3.98. The van der Waals surface area contributed by atoms with Crippen LogP contribution in [0.15, 0.2) is 30.9 Å². The molecule has 72 valence electrons. The minimum Gasteiger partial charge on any atom is -0.223 e. The number of hydrogen-bond donors (Lipinski definition) is 0. The van der Waals surface area contributed by atoms with Crippen LogP contribution in [0.1, 0.15) is 5.56 Å². The van der Waals surface area contributed by atoms with Gasteiger partial charge in [0.25, 0.3) is 0 Å². The van der Waals surface area contributed by atoms with Gasteiger partial charge < -0.3 is 0 Å². The summed E-state index contributed by atoms with van der Waals surface area (Å²) in [5, 5.41) is 4.67. The monoisotopic (exact) mass is 227 g/mol. The van der Waals surface area contributed by atoms with E-state index >= 15 is 0 Å². The van der Waals surface area contributed by atoms with E-state index in [-0.39, 0.29) is 0 Å². The zero-order valence-electron chi connectivity index (χ0n) is 7.19. The number of hydrogen-bond acceptors (Lipinski definition) is 2. The van der Waals surface area contributed by atoms with Gasteiger partial charge in [-0.1, -0.05) is 17.7 Å². The van der Waals surface area contributed by atoms with Crippen LogP contribution in [0.25, 0.3) is 5.69 Å². The zero-order valence-corrected chi connectivity index (χ0v) is 8.70. The van der Waals surface area contributed by atoms with E-state index in [2.05, 4.69) is 10.1 Å². The molecule has 0 aliphatic carbocycles. The summed E-state index contributed by atoms with van der Waals surface area (Å²) in [6.45, 7) is 0. The molecule has 0 atom stereocenters. The Kier molecular flexibility index (Phi) is 2.70. The molecule has 0 amide bonds. The Morgan fingerprint density at radius 1 is 1.36 bits per heavy atom. The van der Waals surface area contributed by atoms with E-state index in [1.807, 2.05) is 12.1 Å². The molecule has 0 saturated heterocycles. The van der Waals surface area contributed by atoms with Crippen LogP contribution < -0.4 is 0 Å². The summed E-state index contributed by atoms with van der Waals surface area (Å²) in [6.07, 6.45) is 3.08. The van der Waals surface area contributed by atoms with Gasteiger partial charge in [-0.25, -0.2) is 9.67 Å². The third-order valence-electron chi connectivity index (χ3n) is 1.89. The molecule has 1 heterocycles. The fourth-order valence-electron chi connectivity index (χ4n) is 1.23. The molecule has 14 heavy (non-hydrogen) atoms. The molecule has 0 saturated carbocycles. The molecule has 0 aliphatic heterocycles. The van der Waals surface area contributed by atoms with Crippen LogP contribution in [0.5, 0.6) is 0 Å². The highest BCUT2D eigenvalue weighted by atomic mass is 35.5. The standard InChI is InChI=1S/C9H7Cl2N3/c10-4-7-8(11)2-1-3-9(7)14-6-12-5-13-14/h1-3,5-6H,4H2. The maximum atomic E-state index is 6.00. The lowest BCUT2D eigenvalue weighted by Crippen LogP contribution is -1.99. The van der Waals surface area contributed by atoms with E-state index in [0.717, 1.165) is 11.3 Å². The van der Waals surface area contributed by atoms with E-state index < -0.39 is 0 Å². The summed E-state index contributed by atoms with van der Waals surface area (Å²) >= 11 is 11.8. The largest absolute Gasteiger partial charge is 0.223 e. The predicted molar refractivity (Wildman–Crippen MR) is 55.9 cm³/mol. The van der Waals surface area contributed by atoms with Gasteiger partial charge in [-0.05, 0) is 12.1 Å². The van der Waals surface area contributed by atoms with E-state index in [0.29, 0.717) is 10.9 Å². The first-order valence-electron chi connectivity index (χ1n) is 4.01. The van der Waals surface area contributed by atoms with Crippen LogP contribution in [-0.4, -0.2) is 14.8 Å². The lowest BCUT2D eigenvalue weighted by molar-refractivity contribution is 0.869. The van der Waals surface area contributed by atoms with Crippen molar-refractivity contribution in [2.24, 2.45) is 0 Å². The average molecular weight is 228 g/mol. The third-order valence-corrected chi connectivity index (χ3v) is 2.51. The first-order chi connectivity index (χ1) is 6.83. The highest BCUT2D eigenvalue weighted by Crippen LogP contribution is 2.24. The number of aromatic nitrogens is 3. The van der Waals surface area contributed by atoms with Crippen LogP contribution in [-0.2, 0) is 5.88 Å². The zero-order chi connectivity index (χ0) is 9.97. The van der Waals surface area contributed by atoms with Crippen LogP contribution in [0.4, 0.5) is 0 Å². The first-order valence-corrected chi connectivity index (χ1v) is 4.92. The molecule has 0 unspecified atom stereocenters. The van der Waals surface area contributed by atoms with Gasteiger partial charge in [0.1, 0.15) is 12.7 Å². The Labute approximate surface area is 91.3 Å². The summed E-state index contributed by atoms with van der Waals surface area (Å²) in [5.74, 6) is 0.356. The van der Waals surface area contributed by atoms with E-state index in [9.17, 15) is 0 Å². The van der Waals surface area contributed by atoms with Crippen molar-refractivity contribution in [3.05, 3.63) is 41.4 Å². The predicted octanol–water partition coefficient (Wildman–Crippen LogP) is 2.66. The molecule has 1 aromatic heterocycles. The van der Waals surface area contributed by atoms with Gasteiger partial charge in [-0.3, -0.25) is 0 Å². The van der Waals surface area contributed by atoms with Gasteiger partial charge in [0, 0.05) is 10.6 Å². The lowest BCUT2D eigenvalue weighted by atomic mass is 10.2. The van der Waals surface area contributed by atoms with Crippen molar-refractivity contribution >= 4 is 23.2 Å². The summed E-state index contributed by atoms with van der Waals surface area (Å²) in [4.78, 5) is 3.87. The second-order valence-corrected chi connectivity index (χ2v) is 3.39. The molecule has 0 bridgehead atoms. The minimum atomic E-state index is 0.356. The van der Waals surface area contributed by atoms with Crippen LogP contribution in [0.3, 0.4) is 0 Å². The van der Waals surface area contributed by atoms with Gasteiger partial charge >= 0.3 is 0 Å². The summed E-state index contributed by atoms with van der Waals surface area (Å²) in [5.41, 5.74) is 1.73. The fraction of sp³-hybridized carbons (Fsp3) is 0.111. The van der Waals surface area contributed by atoms with Gasteiger partial charge in [0.15, 0.2) is 0 Å². The molecule has 0 N–H and O–H groups in total. The quantitative estimate of drug-likeness (QED) is 0.739. The number of halogens is 2. The van der Waals surface area contributed by atoms with E-state index in [1.165, 1.54) is 6.33 Å². The average Bonchev–Trinajstić information content (AvgIpc) is 2.70. The highest BCUT2D eigenvalue weighted by molar-refractivity contribution is 6.32. The van der Waals surface area contributed by atoms with E-state index in [1.54, 1.807) is 17.1 Å². The van der Waals surface area contributed by atoms with Crippen molar-refractivity contribution in [1.82, 2.24) is 14.8 Å². The molecule has 1 aromatic carbocycles. The van der Waals surface area contributed by atoms with Gasteiger partial charge in [0.05, 0.1) is 11.6 Å². The smallest absolute Gasteiger partial charge is 0.138 e. The molecule has 0 spiro atoms. The van der Waals surface area contributed by atoms with Crippen molar-refractivity contribution < 1.29 is 0 Å². The summed E-state index contributed by atoms with van der Waals surface area (Å²) in [7, 11) is 0. The molecule has 3 nitrogen and oxygen atoms in total. The Bertz CT molecular complexity index is 426. The van der Waals surface area contributed by atoms with Crippen LogP contribution >= 0.6 is 23.2 Å². The molecule has 0 fully saturated rings. The van der Waals surface area contributed by atoms with Gasteiger partial charge in [-0.15, -0.1) is 11.6 Å².